The Bertz CT molecular complexity index is 662. The number of carboxylic acid groups (broad SMARTS) is 1. The molecule has 0 radical (unpaired) electrons. The molecule has 7 heteroatoms. The summed E-state index contributed by atoms with van der Waals surface area (Å²) in [6.07, 6.45) is 1.22. The third-order valence-corrected chi connectivity index (χ3v) is 3.43. The number of nitrogens with one attached hydrogen (secondary N) is 1. The SMILES string of the molecule is O=C(CSc1ccc(C(=O)O)cn1)Nc1ccccc1F. The summed E-state index contributed by atoms with van der Waals surface area (Å²) in [6, 6.07) is 8.81. The van der Waals surface area contributed by atoms with Crippen LogP contribution in [0.25, 0.3) is 0 Å². The first-order chi connectivity index (χ1) is 10.1. The summed E-state index contributed by atoms with van der Waals surface area (Å²) in [4.78, 5) is 26.3. The van der Waals surface area contributed by atoms with Gasteiger partial charge < -0.3 is 10.4 Å². The Labute approximate surface area is 124 Å². The average molecular weight is 306 g/mol. The Morgan fingerprint density at radius 2 is 2.00 bits per heavy atom. The number of benzene rings is 1. The molecule has 5 nitrogen and oxygen atoms in total. The van der Waals surface area contributed by atoms with Crippen molar-refractivity contribution < 1.29 is 19.1 Å². The summed E-state index contributed by atoms with van der Waals surface area (Å²) >= 11 is 1.14. The van der Waals surface area contributed by atoms with Gasteiger partial charge in [0.25, 0.3) is 0 Å². The normalized spacial score (nSPS) is 10.1. The number of thioether (sulfide) groups is 1. The number of anilines is 1. The van der Waals surface area contributed by atoms with Gasteiger partial charge in [-0.15, -0.1) is 0 Å². The molecule has 0 aliphatic carbocycles. The predicted octanol–water partition coefficient (Wildman–Crippen LogP) is 2.65. The molecule has 0 saturated carbocycles. The largest absolute Gasteiger partial charge is 0.478 e. The monoisotopic (exact) mass is 306 g/mol. The van der Waals surface area contributed by atoms with Gasteiger partial charge in [0.2, 0.25) is 5.91 Å². The number of para-hydroxylation sites is 1. The fraction of sp³-hybridized carbons (Fsp3) is 0.0714. The molecule has 0 spiro atoms. The molecule has 0 atom stereocenters. The van der Waals surface area contributed by atoms with Crippen LogP contribution in [0.2, 0.25) is 0 Å². The van der Waals surface area contributed by atoms with Gasteiger partial charge in [-0.2, -0.15) is 0 Å². The van der Waals surface area contributed by atoms with Gasteiger partial charge in [-0.1, -0.05) is 23.9 Å². The number of rotatable bonds is 5. The highest BCUT2D eigenvalue weighted by molar-refractivity contribution is 7.99. The van der Waals surface area contributed by atoms with Crippen LogP contribution in [0.5, 0.6) is 0 Å². The number of halogens is 1. The lowest BCUT2D eigenvalue weighted by Gasteiger charge is -2.05. The second kappa shape index (κ2) is 6.85. The first-order valence-corrected chi connectivity index (χ1v) is 6.91. The van der Waals surface area contributed by atoms with Crippen LogP contribution in [0.4, 0.5) is 10.1 Å². The van der Waals surface area contributed by atoms with Crippen LogP contribution in [-0.2, 0) is 4.79 Å². The third kappa shape index (κ3) is 4.28. The molecule has 0 aliphatic rings. The topological polar surface area (TPSA) is 79.3 Å². The number of aromatic carboxylic acids is 1. The standard InChI is InChI=1S/C14H11FN2O3S/c15-10-3-1-2-4-11(10)17-12(18)8-21-13-6-5-9(7-16-13)14(19)20/h1-7H,8H2,(H,17,18)(H,19,20). The number of nitrogens with zero attached hydrogens (tertiary/aromatic N) is 1. The minimum Gasteiger partial charge on any atom is -0.478 e. The highest BCUT2D eigenvalue weighted by atomic mass is 32.2. The summed E-state index contributed by atoms with van der Waals surface area (Å²) in [5.74, 6) is -1.88. The maximum atomic E-state index is 13.3. The van der Waals surface area contributed by atoms with Gasteiger partial charge in [0, 0.05) is 6.20 Å². The minimum atomic E-state index is -1.06. The highest BCUT2D eigenvalue weighted by Crippen LogP contribution is 2.17. The van der Waals surface area contributed by atoms with E-state index >= 15 is 0 Å². The van der Waals surface area contributed by atoms with Crippen molar-refractivity contribution >= 4 is 29.3 Å². The zero-order chi connectivity index (χ0) is 15.2. The molecule has 0 bridgehead atoms. The number of carboxylic acids is 1. The first kappa shape index (κ1) is 15.0. The van der Waals surface area contributed by atoms with E-state index in [0.717, 1.165) is 11.8 Å². The number of amides is 1. The van der Waals surface area contributed by atoms with Crippen molar-refractivity contribution in [3.05, 3.63) is 54.0 Å². The molecular formula is C14H11FN2O3S. The van der Waals surface area contributed by atoms with E-state index in [0.29, 0.717) is 5.03 Å². The van der Waals surface area contributed by atoms with E-state index in [2.05, 4.69) is 10.3 Å². The summed E-state index contributed by atoms with van der Waals surface area (Å²) in [5.41, 5.74) is 0.201. The number of aromatic nitrogens is 1. The lowest BCUT2D eigenvalue weighted by atomic mass is 10.3. The number of carbonyl (C=O) groups excluding carboxylic acids is 1. The minimum absolute atomic E-state index is 0.0494. The summed E-state index contributed by atoms with van der Waals surface area (Å²) in [6.45, 7) is 0. The molecule has 0 unspecified atom stereocenters. The van der Waals surface area contributed by atoms with Crippen molar-refractivity contribution in [3.63, 3.8) is 0 Å². The smallest absolute Gasteiger partial charge is 0.337 e. The summed E-state index contributed by atoms with van der Waals surface area (Å²) in [5, 5.41) is 11.7. The van der Waals surface area contributed by atoms with Crippen LogP contribution in [0.15, 0.2) is 47.6 Å². The van der Waals surface area contributed by atoms with Crippen LogP contribution >= 0.6 is 11.8 Å². The molecule has 2 N–H and O–H groups in total. The number of hydrogen-bond donors (Lipinski definition) is 2. The quantitative estimate of drug-likeness (QED) is 0.830. The Hall–Kier alpha value is -2.41. The highest BCUT2D eigenvalue weighted by Gasteiger charge is 2.08. The fourth-order valence-electron chi connectivity index (χ4n) is 1.48. The van der Waals surface area contributed by atoms with Crippen molar-refractivity contribution in [2.75, 3.05) is 11.1 Å². The molecule has 0 aliphatic heterocycles. The van der Waals surface area contributed by atoms with Crippen molar-refractivity contribution in [2.24, 2.45) is 0 Å². The van der Waals surface area contributed by atoms with E-state index in [4.69, 9.17) is 5.11 Å². The second-order valence-electron chi connectivity index (χ2n) is 4.01. The van der Waals surface area contributed by atoms with E-state index in [1.54, 1.807) is 6.07 Å². The van der Waals surface area contributed by atoms with Crippen LogP contribution in [0.3, 0.4) is 0 Å². The van der Waals surface area contributed by atoms with E-state index in [1.165, 1.54) is 36.5 Å². The van der Waals surface area contributed by atoms with Gasteiger partial charge in [-0.05, 0) is 24.3 Å². The van der Waals surface area contributed by atoms with E-state index in [1.807, 2.05) is 0 Å². The maximum absolute atomic E-state index is 13.3. The van der Waals surface area contributed by atoms with E-state index in [9.17, 15) is 14.0 Å². The van der Waals surface area contributed by atoms with Gasteiger partial charge in [0.05, 0.1) is 22.0 Å². The number of carbonyl (C=O) groups is 2. The van der Waals surface area contributed by atoms with Crippen LogP contribution < -0.4 is 5.32 Å². The zero-order valence-electron chi connectivity index (χ0n) is 10.7. The van der Waals surface area contributed by atoms with E-state index < -0.39 is 11.8 Å². The molecule has 1 aromatic heterocycles. The molecule has 2 aromatic rings. The van der Waals surface area contributed by atoms with E-state index in [-0.39, 0.29) is 22.9 Å². The fourth-order valence-corrected chi connectivity index (χ4v) is 2.12. The molecule has 21 heavy (non-hydrogen) atoms. The Morgan fingerprint density at radius 3 is 2.62 bits per heavy atom. The van der Waals surface area contributed by atoms with Crippen molar-refractivity contribution in [3.8, 4) is 0 Å². The molecule has 0 saturated heterocycles. The number of hydrogen-bond acceptors (Lipinski definition) is 4. The second-order valence-corrected chi connectivity index (χ2v) is 5.00. The van der Waals surface area contributed by atoms with Crippen molar-refractivity contribution in [2.45, 2.75) is 5.03 Å². The summed E-state index contributed by atoms with van der Waals surface area (Å²) < 4.78 is 13.3. The van der Waals surface area contributed by atoms with Crippen LogP contribution in [-0.4, -0.2) is 27.7 Å². The molecule has 1 heterocycles. The Balaban J connectivity index is 1.89. The molecule has 108 valence electrons. The molecule has 1 aromatic carbocycles. The van der Waals surface area contributed by atoms with Gasteiger partial charge in [0.15, 0.2) is 0 Å². The average Bonchev–Trinajstić information content (AvgIpc) is 2.48. The van der Waals surface area contributed by atoms with Gasteiger partial charge >= 0.3 is 5.97 Å². The first-order valence-electron chi connectivity index (χ1n) is 5.93. The van der Waals surface area contributed by atoms with Gasteiger partial charge in [-0.3, -0.25) is 4.79 Å². The summed E-state index contributed by atoms with van der Waals surface area (Å²) in [7, 11) is 0. The molecular weight excluding hydrogens is 295 g/mol. The van der Waals surface area contributed by atoms with Gasteiger partial charge in [0.1, 0.15) is 5.82 Å². The number of pyridine rings is 1. The zero-order valence-corrected chi connectivity index (χ0v) is 11.6. The maximum Gasteiger partial charge on any atom is 0.337 e. The Morgan fingerprint density at radius 1 is 1.24 bits per heavy atom. The Kier molecular flexibility index (Phi) is 4.89. The molecule has 0 fully saturated rings. The predicted molar refractivity (Wildman–Crippen MR) is 77.0 cm³/mol. The van der Waals surface area contributed by atoms with Crippen LogP contribution in [0, 0.1) is 5.82 Å². The van der Waals surface area contributed by atoms with Crippen molar-refractivity contribution in [1.29, 1.82) is 0 Å². The lowest BCUT2D eigenvalue weighted by Crippen LogP contribution is -2.15. The van der Waals surface area contributed by atoms with Crippen LogP contribution in [0.1, 0.15) is 10.4 Å². The molecule has 2 rings (SSSR count). The van der Waals surface area contributed by atoms with Gasteiger partial charge in [-0.25, -0.2) is 14.2 Å². The van der Waals surface area contributed by atoms with Crippen molar-refractivity contribution in [1.82, 2.24) is 4.98 Å². The lowest BCUT2D eigenvalue weighted by molar-refractivity contribution is -0.113. The molecule has 1 amide bonds. The third-order valence-electron chi connectivity index (χ3n) is 2.48.